The van der Waals surface area contributed by atoms with E-state index in [4.69, 9.17) is 5.11 Å². The molecule has 0 fully saturated rings. The third kappa shape index (κ3) is 8.20. The average Bonchev–Trinajstić information content (AvgIpc) is 2.95. The minimum atomic E-state index is -0.664. The maximum atomic E-state index is 10.7. The minimum Gasteiger partial charge on any atom is -0.481 e. The highest BCUT2D eigenvalue weighted by Crippen LogP contribution is 2.12. The standard InChI is InChI=1S/C18H32N2O2/c1-3-4-12-19-14-15-20(16-19)13-10-8-6-5-7-9-11-17(2)18(21)22/h14-17H,3-13H2,1-2H3/p+1. The average molecular weight is 309 g/mol. The fourth-order valence-electron chi connectivity index (χ4n) is 2.62. The monoisotopic (exact) mass is 309 g/mol. The summed E-state index contributed by atoms with van der Waals surface area (Å²) in [4.78, 5) is 10.7. The summed E-state index contributed by atoms with van der Waals surface area (Å²) in [5, 5.41) is 8.81. The molecule has 22 heavy (non-hydrogen) atoms. The number of rotatable bonds is 13. The molecule has 0 aliphatic carbocycles. The Bertz CT molecular complexity index is 415. The Labute approximate surface area is 135 Å². The first kappa shape index (κ1) is 18.7. The molecule has 4 heteroatoms. The Morgan fingerprint density at radius 1 is 1.14 bits per heavy atom. The molecule has 1 aromatic heterocycles. The number of aliphatic carboxylic acids is 1. The lowest BCUT2D eigenvalue weighted by molar-refractivity contribution is -0.696. The lowest BCUT2D eigenvalue weighted by Crippen LogP contribution is -2.30. The molecule has 1 aromatic rings. The van der Waals surface area contributed by atoms with Crippen molar-refractivity contribution in [2.75, 3.05) is 0 Å². The van der Waals surface area contributed by atoms with Crippen molar-refractivity contribution in [1.82, 2.24) is 4.57 Å². The summed E-state index contributed by atoms with van der Waals surface area (Å²) in [6, 6.07) is 0. The number of aryl methyl sites for hydroxylation is 2. The lowest BCUT2D eigenvalue weighted by atomic mass is 10.0. The molecule has 1 atom stereocenters. The van der Waals surface area contributed by atoms with Gasteiger partial charge in [-0.25, -0.2) is 9.13 Å². The molecular weight excluding hydrogens is 276 g/mol. The van der Waals surface area contributed by atoms with Crippen molar-refractivity contribution in [3.05, 3.63) is 18.7 Å². The van der Waals surface area contributed by atoms with Gasteiger partial charge in [0.25, 0.3) is 0 Å². The van der Waals surface area contributed by atoms with Gasteiger partial charge >= 0.3 is 5.97 Å². The van der Waals surface area contributed by atoms with Crippen LogP contribution in [0.2, 0.25) is 0 Å². The number of nitrogens with zero attached hydrogens (tertiary/aromatic N) is 2. The van der Waals surface area contributed by atoms with E-state index in [1.54, 1.807) is 6.92 Å². The predicted octanol–water partition coefficient (Wildman–Crippen LogP) is 4.03. The highest BCUT2D eigenvalue weighted by atomic mass is 16.4. The van der Waals surface area contributed by atoms with Crippen molar-refractivity contribution in [2.45, 2.75) is 84.7 Å². The maximum absolute atomic E-state index is 10.7. The number of carboxylic acid groups (broad SMARTS) is 1. The number of hydrogen-bond acceptors (Lipinski definition) is 1. The molecule has 1 unspecified atom stereocenters. The molecule has 1 heterocycles. The summed E-state index contributed by atoms with van der Waals surface area (Å²) in [7, 11) is 0. The van der Waals surface area contributed by atoms with E-state index in [0.29, 0.717) is 0 Å². The van der Waals surface area contributed by atoms with Gasteiger partial charge in [-0.1, -0.05) is 46.0 Å². The van der Waals surface area contributed by atoms with E-state index in [9.17, 15) is 4.79 Å². The zero-order chi connectivity index (χ0) is 16.2. The lowest BCUT2D eigenvalue weighted by Gasteiger charge is -2.05. The largest absolute Gasteiger partial charge is 0.481 e. The number of carboxylic acids is 1. The van der Waals surface area contributed by atoms with Crippen molar-refractivity contribution in [2.24, 2.45) is 5.92 Å². The van der Waals surface area contributed by atoms with Crippen LogP contribution >= 0.6 is 0 Å². The van der Waals surface area contributed by atoms with Crippen LogP contribution in [0, 0.1) is 5.92 Å². The zero-order valence-electron chi connectivity index (χ0n) is 14.3. The second-order valence-corrected chi connectivity index (χ2v) is 6.39. The highest BCUT2D eigenvalue weighted by molar-refractivity contribution is 5.69. The van der Waals surface area contributed by atoms with Gasteiger partial charge in [-0.15, -0.1) is 0 Å². The molecular formula is C18H33N2O2+. The molecule has 0 spiro atoms. The van der Waals surface area contributed by atoms with Gasteiger partial charge in [0.1, 0.15) is 12.4 Å². The van der Waals surface area contributed by atoms with Gasteiger partial charge in [0.15, 0.2) is 0 Å². The summed E-state index contributed by atoms with van der Waals surface area (Å²) < 4.78 is 4.55. The Kier molecular flexibility index (Phi) is 9.60. The van der Waals surface area contributed by atoms with Crippen molar-refractivity contribution in [3.8, 4) is 0 Å². The van der Waals surface area contributed by atoms with Crippen LogP contribution in [-0.2, 0) is 17.9 Å². The quantitative estimate of drug-likeness (QED) is 0.442. The van der Waals surface area contributed by atoms with Crippen LogP contribution in [0.25, 0.3) is 0 Å². The van der Waals surface area contributed by atoms with Crippen LogP contribution in [0.4, 0.5) is 0 Å². The Morgan fingerprint density at radius 3 is 2.50 bits per heavy atom. The Balaban J connectivity index is 1.97. The van der Waals surface area contributed by atoms with Gasteiger partial charge in [-0.3, -0.25) is 4.79 Å². The van der Waals surface area contributed by atoms with Gasteiger partial charge in [0.2, 0.25) is 6.33 Å². The summed E-state index contributed by atoms with van der Waals surface area (Å²) in [5.41, 5.74) is 0. The van der Waals surface area contributed by atoms with E-state index in [1.165, 1.54) is 38.5 Å². The van der Waals surface area contributed by atoms with E-state index in [2.05, 4.69) is 34.8 Å². The van der Waals surface area contributed by atoms with E-state index < -0.39 is 5.97 Å². The van der Waals surface area contributed by atoms with Gasteiger partial charge in [-0.2, -0.15) is 0 Å². The molecule has 0 saturated carbocycles. The number of imidazole rings is 1. The van der Waals surface area contributed by atoms with Crippen molar-refractivity contribution in [1.29, 1.82) is 0 Å². The molecule has 0 saturated heterocycles. The fraction of sp³-hybridized carbons (Fsp3) is 0.778. The molecule has 126 valence electrons. The van der Waals surface area contributed by atoms with Crippen molar-refractivity contribution in [3.63, 3.8) is 0 Å². The molecule has 0 bridgehead atoms. The summed E-state index contributed by atoms with van der Waals surface area (Å²) >= 11 is 0. The third-order valence-corrected chi connectivity index (χ3v) is 4.24. The Morgan fingerprint density at radius 2 is 1.82 bits per heavy atom. The number of unbranched alkanes of at least 4 members (excludes halogenated alkanes) is 6. The number of hydrogen-bond donors (Lipinski definition) is 1. The Hall–Kier alpha value is -1.32. The second-order valence-electron chi connectivity index (χ2n) is 6.39. The van der Waals surface area contributed by atoms with Gasteiger partial charge in [0, 0.05) is 0 Å². The van der Waals surface area contributed by atoms with E-state index in [0.717, 1.165) is 32.4 Å². The van der Waals surface area contributed by atoms with Crippen LogP contribution in [0.15, 0.2) is 18.7 Å². The highest BCUT2D eigenvalue weighted by Gasteiger charge is 2.09. The first-order valence-electron chi connectivity index (χ1n) is 8.91. The molecule has 1 N–H and O–H groups in total. The van der Waals surface area contributed by atoms with E-state index >= 15 is 0 Å². The first-order valence-corrected chi connectivity index (χ1v) is 8.91. The molecule has 0 aliphatic rings. The van der Waals surface area contributed by atoms with Gasteiger partial charge < -0.3 is 5.11 Å². The summed E-state index contributed by atoms with van der Waals surface area (Å²) in [5.74, 6) is -0.851. The van der Waals surface area contributed by atoms with Crippen LogP contribution in [-0.4, -0.2) is 15.6 Å². The van der Waals surface area contributed by atoms with E-state index in [-0.39, 0.29) is 5.92 Å². The first-order chi connectivity index (χ1) is 10.6. The van der Waals surface area contributed by atoms with Crippen molar-refractivity contribution < 1.29 is 14.5 Å². The topological polar surface area (TPSA) is 46.1 Å². The zero-order valence-corrected chi connectivity index (χ0v) is 14.3. The summed E-state index contributed by atoms with van der Waals surface area (Å²) in [6.45, 7) is 6.25. The summed E-state index contributed by atoms with van der Waals surface area (Å²) in [6.07, 6.45) is 17.0. The SMILES string of the molecule is CCCCn1cc[n+](CCCCCCCCC(C)C(=O)O)c1. The third-order valence-electron chi connectivity index (χ3n) is 4.24. The maximum Gasteiger partial charge on any atom is 0.306 e. The van der Waals surface area contributed by atoms with Gasteiger partial charge in [0.05, 0.1) is 19.0 Å². The van der Waals surface area contributed by atoms with Gasteiger partial charge in [-0.05, 0) is 25.7 Å². The molecule has 0 radical (unpaired) electrons. The van der Waals surface area contributed by atoms with E-state index in [1.807, 2.05) is 0 Å². The number of carbonyl (C=O) groups is 1. The molecule has 4 nitrogen and oxygen atoms in total. The molecule has 1 rings (SSSR count). The fourth-order valence-corrected chi connectivity index (χ4v) is 2.62. The van der Waals surface area contributed by atoms with Crippen LogP contribution in [0.5, 0.6) is 0 Å². The van der Waals surface area contributed by atoms with Crippen LogP contribution in [0.1, 0.15) is 71.6 Å². The normalized spacial score (nSPS) is 12.5. The molecule has 0 aromatic carbocycles. The van der Waals surface area contributed by atoms with Crippen molar-refractivity contribution >= 4 is 5.97 Å². The molecule has 0 aliphatic heterocycles. The smallest absolute Gasteiger partial charge is 0.306 e. The van der Waals surface area contributed by atoms with Crippen LogP contribution in [0.3, 0.4) is 0 Å². The molecule has 0 amide bonds. The minimum absolute atomic E-state index is 0.187. The van der Waals surface area contributed by atoms with Crippen LogP contribution < -0.4 is 4.57 Å². The second kappa shape index (κ2) is 11.3. The predicted molar refractivity (Wildman–Crippen MR) is 88.7 cm³/mol. The number of aromatic nitrogens is 2.